The molecule has 2 bridgehead atoms. The van der Waals surface area contributed by atoms with E-state index in [4.69, 9.17) is 0 Å². The number of benzene rings is 1. The highest BCUT2D eigenvalue weighted by molar-refractivity contribution is 7.89. The van der Waals surface area contributed by atoms with Crippen LogP contribution in [-0.2, 0) is 10.0 Å². The molecule has 0 radical (unpaired) electrons. The molecule has 0 spiro atoms. The first kappa shape index (κ1) is 15.0. The highest BCUT2D eigenvalue weighted by Crippen LogP contribution is 2.65. The van der Waals surface area contributed by atoms with Crippen molar-refractivity contribution >= 4 is 10.0 Å². The number of rotatable bonds is 3. The van der Waals surface area contributed by atoms with E-state index in [1.54, 1.807) is 12.1 Å². The Labute approximate surface area is 128 Å². The molecule has 2 aliphatic rings. The van der Waals surface area contributed by atoms with Gasteiger partial charge in [-0.3, -0.25) is 0 Å². The van der Waals surface area contributed by atoms with Gasteiger partial charge in [-0.05, 0) is 55.1 Å². The molecular formula is C17H25NO2S. The van der Waals surface area contributed by atoms with E-state index in [0.717, 1.165) is 18.4 Å². The lowest BCUT2D eigenvalue weighted by molar-refractivity contribution is 0.152. The Morgan fingerprint density at radius 1 is 1.14 bits per heavy atom. The van der Waals surface area contributed by atoms with Crippen molar-refractivity contribution in [2.24, 2.45) is 16.7 Å². The third-order valence-electron chi connectivity index (χ3n) is 6.28. The maximum Gasteiger partial charge on any atom is 0.240 e. The lowest BCUT2D eigenvalue weighted by Crippen LogP contribution is -2.40. The molecule has 2 fully saturated rings. The molecule has 3 rings (SSSR count). The summed E-state index contributed by atoms with van der Waals surface area (Å²) >= 11 is 0. The lowest BCUT2D eigenvalue weighted by Gasteiger charge is -2.33. The highest BCUT2D eigenvalue weighted by Gasteiger charge is 2.60. The maximum absolute atomic E-state index is 12.6. The summed E-state index contributed by atoms with van der Waals surface area (Å²) in [5, 5.41) is 0. The Hall–Kier alpha value is -0.870. The zero-order valence-electron chi connectivity index (χ0n) is 13.3. The number of sulfonamides is 1. The van der Waals surface area contributed by atoms with Gasteiger partial charge in [0.25, 0.3) is 0 Å². The monoisotopic (exact) mass is 307 g/mol. The van der Waals surface area contributed by atoms with Crippen LogP contribution in [0.5, 0.6) is 0 Å². The molecular weight excluding hydrogens is 282 g/mol. The van der Waals surface area contributed by atoms with E-state index < -0.39 is 10.0 Å². The Balaban J connectivity index is 1.83. The standard InChI is InChI=1S/C17H25NO2S/c1-12-5-7-13(8-6-12)21(19,20)18-15-11-17(4)10-9-14(15)16(17,2)3/h5-8,14-15,18H,9-11H2,1-4H3/t14-,15+,17-/m0/s1. The third-order valence-corrected chi connectivity index (χ3v) is 7.79. The van der Waals surface area contributed by atoms with E-state index in [2.05, 4.69) is 25.5 Å². The quantitative estimate of drug-likeness (QED) is 0.929. The topological polar surface area (TPSA) is 46.2 Å². The van der Waals surface area contributed by atoms with Crippen molar-refractivity contribution in [2.75, 3.05) is 0 Å². The van der Waals surface area contributed by atoms with Crippen molar-refractivity contribution < 1.29 is 8.42 Å². The summed E-state index contributed by atoms with van der Waals surface area (Å²) in [5.41, 5.74) is 1.55. The van der Waals surface area contributed by atoms with E-state index in [1.165, 1.54) is 6.42 Å². The molecule has 2 aliphatic carbocycles. The first-order valence-corrected chi connectivity index (χ1v) is 9.23. The first-order valence-electron chi connectivity index (χ1n) is 7.75. The van der Waals surface area contributed by atoms with Crippen LogP contribution in [0.15, 0.2) is 29.2 Å². The van der Waals surface area contributed by atoms with Crippen molar-refractivity contribution in [1.82, 2.24) is 4.72 Å². The summed E-state index contributed by atoms with van der Waals surface area (Å²) < 4.78 is 28.1. The van der Waals surface area contributed by atoms with Crippen molar-refractivity contribution in [2.45, 2.75) is 57.9 Å². The molecule has 3 nitrogen and oxygen atoms in total. The lowest BCUT2D eigenvalue weighted by atomic mass is 9.71. The van der Waals surface area contributed by atoms with Gasteiger partial charge in [0.05, 0.1) is 4.90 Å². The summed E-state index contributed by atoms with van der Waals surface area (Å²) in [6, 6.07) is 7.15. The summed E-state index contributed by atoms with van der Waals surface area (Å²) in [7, 11) is -3.41. The minimum absolute atomic E-state index is 0.0741. The van der Waals surface area contributed by atoms with E-state index in [9.17, 15) is 8.42 Å². The Morgan fingerprint density at radius 3 is 2.24 bits per heavy atom. The Bertz CT molecular complexity index is 645. The molecule has 1 aromatic carbocycles. The number of nitrogens with one attached hydrogen (secondary N) is 1. The predicted octanol–water partition coefficient (Wildman–Crippen LogP) is 3.49. The molecule has 0 aromatic heterocycles. The van der Waals surface area contributed by atoms with Gasteiger partial charge in [0.2, 0.25) is 10.0 Å². The fraction of sp³-hybridized carbons (Fsp3) is 0.647. The van der Waals surface area contributed by atoms with Gasteiger partial charge in [-0.25, -0.2) is 13.1 Å². The van der Waals surface area contributed by atoms with Crippen LogP contribution in [0.25, 0.3) is 0 Å². The largest absolute Gasteiger partial charge is 0.240 e. The molecule has 3 atom stereocenters. The molecule has 4 heteroatoms. The number of fused-ring (bicyclic) bond motifs is 2. The van der Waals surface area contributed by atoms with Crippen LogP contribution in [0.3, 0.4) is 0 Å². The van der Waals surface area contributed by atoms with E-state index >= 15 is 0 Å². The second-order valence-electron chi connectivity index (χ2n) is 7.67. The Kier molecular flexibility index (Phi) is 3.27. The fourth-order valence-electron chi connectivity index (χ4n) is 4.41. The molecule has 1 N–H and O–H groups in total. The van der Waals surface area contributed by atoms with Gasteiger partial charge in [-0.1, -0.05) is 38.5 Å². The zero-order valence-corrected chi connectivity index (χ0v) is 14.1. The smallest absolute Gasteiger partial charge is 0.208 e. The van der Waals surface area contributed by atoms with E-state index in [0.29, 0.717) is 10.8 Å². The minimum atomic E-state index is -3.41. The van der Waals surface area contributed by atoms with Gasteiger partial charge in [0.15, 0.2) is 0 Å². The molecule has 2 saturated carbocycles. The molecule has 0 saturated heterocycles. The van der Waals surface area contributed by atoms with Crippen molar-refractivity contribution in [3.05, 3.63) is 29.8 Å². The van der Waals surface area contributed by atoms with Gasteiger partial charge in [-0.15, -0.1) is 0 Å². The van der Waals surface area contributed by atoms with Crippen LogP contribution >= 0.6 is 0 Å². The van der Waals surface area contributed by atoms with E-state index in [-0.39, 0.29) is 16.9 Å². The molecule has 21 heavy (non-hydrogen) atoms. The summed E-state index contributed by atoms with van der Waals surface area (Å²) in [6.45, 7) is 8.87. The first-order chi connectivity index (χ1) is 9.66. The van der Waals surface area contributed by atoms with Crippen LogP contribution < -0.4 is 4.72 Å². The van der Waals surface area contributed by atoms with Gasteiger partial charge in [-0.2, -0.15) is 0 Å². The zero-order chi connectivity index (χ0) is 15.5. The summed E-state index contributed by atoms with van der Waals surface area (Å²) in [5.74, 6) is 0.447. The third kappa shape index (κ3) is 2.23. The molecule has 116 valence electrons. The summed E-state index contributed by atoms with van der Waals surface area (Å²) in [6.07, 6.45) is 3.30. The molecule has 0 unspecified atom stereocenters. The SMILES string of the molecule is Cc1ccc(S(=O)(=O)N[C@@H]2C[C@]3(C)CC[C@@H]2C3(C)C)cc1. The number of aryl methyl sites for hydroxylation is 1. The highest BCUT2D eigenvalue weighted by atomic mass is 32.2. The van der Waals surface area contributed by atoms with Gasteiger partial charge in [0.1, 0.15) is 0 Å². The molecule has 0 amide bonds. The predicted molar refractivity (Wildman–Crippen MR) is 84.5 cm³/mol. The van der Waals surface area contributed by atoms with Crippen LogP contribution in [-0.4, -0.2) is 14.5 Å². The van der Waals surface area contributed by atoms with Crippen molar-refractivity contribution in [3.8, 4) is 0 Å². The molecule has 0 heterocycles. The number of hydrogen-bond donors (Lipinski definition) is 1. The second-order valence-corrected chi connectivity index (χ2v) is 9.39. The maximum atomic E-state index is 12.6. The number of hydrogen-bond acceptors (Lipinski definition) is 2. The minimum Gasteiger partial charge on any atom is -0.208 e. The van der Waals surface area contributed by atoms with Crippen LogP contribution in [0.1, 0.15) is 45.6 Å². The van der Waals surface area contributed by atoms with Gasteiger partial charge >= 0.3 is 0 Å². The molecule has 0 aliphatic heterocycles. The fourth-order valence-corrected chi connectivity index (χ4v) is 5.69. The van der Waals surface area contributed by atoms with Gasteiger partial charge in [0, 0.05) is 6.04 Å². The second kappa shape index (κ2) is 4.56. The average molecular weight is 307 g/mol. The average Bonchev–Trinajstić information content (AvgIpc) is 2.70. The normalized spacial score (nSPS) is 34.3. The van der Waals surface area contributed by atoms with Gasteiger partial charge < -0.3 is 0 Å². The van der Waals surface area contributed by atoms with Crippen LogP contribution in [0.4, 0.5) is 0 Å². The van der Waals surface area contributed by atoms with Crippen molar-refractivity contribution in [1.29, 1.82) is 0 Å². The van der Waals surface area contributed by atoms with Crippen molar-refractivity contribution in [3.63, 3.8) is 0 Å². The molecule has 1 aromatic rings. The van der Waals surface area contributed by atoms with Crippen LogP contribution in [0.2, 0.25) is 0 Å². The van der Waals surface area contributed by atoms with Crippen LogP contribution in [0, 0.1) is 23.7 Å². The Morgan fingerprint density at radius 2 is 1.76 bits per heavy atom. The summed E-state index contributed by atoms with van der Waals surface area (Å²) in [4.78, 5) is 0.374. The van der Waals surface area contributed by atoms with E-state index in [1.807, 2.05) is 19.1 Å².